The first-order chi connectivity index (χ1) is 17.9. The number of piperazine rings is 1. The number of Topliss-reactive ketones (excluding diaryl/α,β-unsaturated/α-hetero) is 1. The third-order valence-electron chi connectivity index (χ3n) is 6.92. The van der Waals surface area contributed by atoms with E-state index in [0.717, 1.165) is 36.7 Å². The highest BCUT2D eigenvalue weighted by atomic mass is 32.1. The summed E-state index contributed by atoms with van der Waals surface area (Å²) in [5.74, 6) is -0.821. The summed E-state index contributed by atoms with van der Waals surface area (Å²) in [5.41, 5.74) is 2.01. The molecule has 1 aromatic heterocycles. The van der Waals surface area contributed by atoms with Gasteiger partial charge in [-0.1, -0.05) is 6.07 Å². The monoisotopic (exact) mass is 519 g/mol. The number of nitrogens with zero attached hydrogens (tertiary/aromatic N) is 3. The van der Waals surface area contributed by atoms with Gasteiger partial charge >= 0.3 is 0 Å². The second-order valence-corrected chi connectivity index (χ2v) is 10.0. The first-order valence-corrected chi connectivity index (χ1v) is 12.9. The van der Waals surface area contributed by atoms with Crippen LogP contribution in [-0.2, 0) is 9.59 Å². The fourth-order valence-corrected chi connectivity index (χ4v) is 5.67. The molecular formula is C28H29N3O5S. The van der Waals surface area contributed by atoms with Gasteiger partial charge in [0, 0.05) is 48.5 Å². The number of carbonyl (C=O) groups is 2. The van der Waals surface area contributed by atoms with Crippen molar-refractivity contribution in [3.8, 4) is 11.5 Å². The van der Waals surface area contributed by atoms with Crippen LogP contribution >= 0.6 is 11.3 Å². The van der Waals surface area contributed by atoms with E-state index in [1.165, 1.54) is 30.5 Å². The van der Waals surface area contributed by atoms with Gasteiger partial charge in [-0.3, -0.25) is 14.5 Å². The third-order valence-corrected chi connectivity index (χ3v) is 7.84. The number of carbonyl (C=O) groups excluding carboxylic acids is 2. The molecule has 8 nitrogen and oxygen atoms in total. The smallest absolute Gasteiger partial charge is 0.300 e. The van der Waals surface area contributed by atoms with Gasteiger partial charge in [0.25, 0.3) is 11.7 Å². The molecule has 0 spiro atoms. The van der Waals surface area contributed by atoms with Crippen molar-refractivity contribution >= 4 is 40.2 Å². The Morgan fingerprint density at radius 1 is 0.946 bits per heavy atom. The molecule has 3 heterocycles. The molecule has 3 aromatic rings. The molecule has 2 aromatic carbocycles. The fourth-order valence-electron chi connectivity index (χ4n) is 4.84. The van der Waals surface area contributed by atoms with Crippen molar-refractivity contribution in [3.63, 3.8) is 0 Å². The highest BCUT2D eigenvalue weighted by Crippen LogP contribution is 2.45. The van der Waals surface area contributed by atoms with Crippen LogP contribution < -0.4 is 19.3 Å². The number of hydrogen-bond donors (Lipinski definition) is 1. The number of benzene rings is 2. The van der Waals surface area contributed by atoms with Crippen molar-refractivity contribution in [1.29, 1.82) is 0 Å². The number of hydrogen-bond acceptors (Lipinski definition) is 8. The van der Waals surface area contributed by atoms with E-state index >= 15 is 0 Å². The SMILES string of the molecule is COc1ccc(/C(O)=C2/C(=O)C(=O)N(c3ccc(N4CCN(C)CC4)cc3)C2c2cccs2)c(OC)c1. The molecule has 2 fully saturated rings. The largest absolute Gasteiger partial charge is 0.507 e. The van der Waals surface area contributed by atoms with Crippen LogP contribution in [0.3, 0.4) is 0 Å². The van der Waals surface area contributed by atoms with E-state index in [4.69, 9.17) is 9.47 Å². The summed E-state index contributed by atoms with van der Waals surface area (Å²) in [6.07, 6.45) is 0. The van der Waals surface area contributed by atoms with Gasteiger partial charge in [0.1, 0.15) is 23.3 Å². The Bertz CT molecular complexity index is 1330. The molecule has 0 saturated carbocycles. The minimum absolute atomic E-state index is 0.0269. The minimum atomic E-state index is -0.763. The highest BCUT2D eigenvalue weighted by Gasteiger charge is 2.47. The molecule has 2 saturated heterocycles. The summed E-state index contributed by atoms with van der Waals surface area (Å²) in [4.78, 5) is 33.7. The molecule has 2 aliphatic rings. The van der Waals surface area contributed by atoms with E-state index in [1.807, 2.05) is 41.8 Å². The van der Waals surface area contributed by atoms with Gasteiger partial charge in [0.15, 0.2) is 0 Å². The van der Waals surface area contributed by atoms with Gasteiger partial charge in [-0.2, -0.15) is 0 Å². The number of methoxy groups -OCH3 is 2. The Kier molecular flexibility index (Phi) is 6.90. The van der Waals surface area contributed by atoms with Gasteiger partial charge < -0.3 is 24.4 Å². The third kappa shape index (κ3) is 4.56. The van der Waals surface area contributed by atoms with Crippen molar-refractivity contribution in [2.24, 2.45) is 0 Å². The summed E-state index contributed by atoms with van der Waals surface area (Å²) in [6, 6.07) is 15.6. The van der Waals surface area contributed by atoms with E-state index < -0.39 is 17.7 Å². The molecule has 1 amide bonds. The Balaban J connectivity index is 1.57. The topological polar surface area (TPSA) is 82.5 Å². The lowest BCUT2D eigenvalue weighted by molar-refractivity contribution is -0.132. The first-order valence-electron chi connectivity index (χ1n) is 12.0. The van der Waals surface area contributed by atoms with Gasteiger partial charge in [0.2, 0.25) is 0 Å². The van der Waals surface area contributed by atoms with E-state index in [2.05, 4.69) is 16.8 Å². The number of amides is 1. The molecule has 192 valence electrons. The molecule has 1 atom stereocenters. The van der Waals surface area contributed by atoms with Crippen molar-refractivity contribution in [2.45, 2.75) is 6.04 Å². The molecule has 5 rings (SSSR count). The van der Waals surface area contributed by atoms with Gasteiger partial charge in [-0.25, -0.2) is 0 Å². The second-order valence-electron chi connectivity index (χ2n) is 9.06. The van der Waals surface area contributed by atoms with Crippen molar-refractivity contribution in [2.75, 3.05) is 57.2 Å². The zero-order valence-corrected chi connectivity index (χ0v) is 21.8. The maximum atomic E-state index is 13.4. The van der Waals surface area contributed by atoms with E-state index in [0.29, 0.717) is 22.7 Å². The summed E-state index contributed by atoms with van der Waals surface area (Å²) in [6.45, 7) is 3.84. The Morgan fingerprint density at radius 2 is 1.65 bits per heavy atom. The lowest BCUT2D eigenvalue weighted by atomic mass is 9.99. The Labute approximate surface area is 219 Å². The normalized spacial score (nSPS) is 19.9. The average molecular weight is 520 g/mol. The van der Waals surface area contributed by atoms with E-state index in [-0.39, 0.29) is 11.3 Å². The van der Waals surface area contributed by atoms with Crippen LogP contribution in [0.1, 0.15) is 16.5 Å². The van der Waals surface area contributed by atoms with Crippen LogP contribution in [0.25, 0.3) is 5.76 Å². The van der Waals surface area contributed by atoms with Gasteiger partial charge in [0.05, 0.1) is 25.4 Å². The van der Waals surface area contributed by atoms with Crippen LogP contribution in [-0.4, -0.2) is 69.1 Å². The van der Waals surface area contributed by atoms with E-state index in [9.17, 15) is 14.7 Å². The highest BCUT2D eigenvalue weighted by molar-refractivity contribution is 7.10. The second kappa shape index (κ2) is 10.3. The maximum Gasteiger partial charge on any atom is 0.300 e. The molecular weight excluding hydrogens is 490 g/mol. The van der Waals surface area contributed by atoms with Crippen LogP contribution in [0.2, 0.25) is 0 Å². The number of rotatable bonds is 6. The van der Waals surface area contributed by atoms with Crippen molar-refractivity contribution in [3.05, 3.63) is 76.0 Å². The number of aliphatic hydroxyl groups is 1. The van der Waals surface area contributed by atoms with Crippen molar-refractivity contribution < 1.29 is 24.2 Å². The predicted octanol–water partition coefficient (Wildman–Crippen LogP) is 4.14. The summed E-state index contributed by atoms with van der Waals surface area (Å²) in [5, 5.41) is 13.3. The lowest BCUT2D eigenvalue weighted by Gasteiger charge is -2.34. The summed E-state index contributed by atoms with van der Waals surface area (Å²) in [7, 11) is 5.12. The molecule has 0 radical (unpaired) electrons. The summed E-state index contributed by atoms with van der Waals surface area (Å²) < 4.78 is 10.7. The van der Waals surface area contributed by atoms with Crippen molar-refractivity contribution in [1.82, 2.24) is 4.90 Å². The zero-order valence-electron chi connectivity index (χ0n) is 21.0. The van der Waals surface area contributed by atoms with Gasteiger partial charge in [-0.05, 0) is 54.9 Å². The molecule has 1 N–H and O–H groups in total. The number of ketones is 1. The van der Waals surface area contributed by atoms with Crippen LogP contribution in [0.5, 0.6) is 11.5 Å². The Morgan fingerprint density at radius 3 is 2.27 bits per heavy atom. The standard InChI is InChI=1S/C28H29N3O5S/c1-29-12-14-30(15-13-29)18-6-8-19(9-7-18)31-25(23-5-4-16-37-23)24(27(33)28(31)34)26(32)21-11-10-20(35-2)17-22(21)36-3/h4-11,16-17,25,32H,12-15H2,1-3H3/b26-24-. The summed E-state index contributed by atoms with van der Waals surface area (Å²) >= 11 is 1.43. The number of ether oxygens (including phenoxy) is 2. The quantitative estimate of drug-likeness (QED) is 0.298. The van der Waals surface area contributed by atoms with Crippen LogP contribution in [0.4, 0.5) is 11.4 Å². The minimum Gasteiger partial charge on any atom is -0.507 e. The number of aliphatic hydroxyl groups excluding tert-OH is 1. The molecule has 2 aliphatic heterocycles. The molecule has 37 heavy (non-hydrogen) atoms. The fraction of sp³-hybridized carbons (Fsp3) is 0.286. The molecule has 9 heteroatoms. The lowest BCUT2D eigenvalue weighted by Crippen LogP contribution is -2.44. The van der Waals surface area contributed by atoms with Crippen LogP contribution in [0, 0.1) is 0 Å². The van der Waals surface area contributed by atoms with E-state index in [1.54, 1.807) is 18.2 Å². The molecule has 1 unspecified atom stereocenters. The van der Waals surface area contributed by atoms with Gasteiger partial charge in [-0.15, -0.1) is 11.3 Å². The number of thiophene rings is 1. The Hall–Kier alpha value is -3.82. The number of anilines is 2. The number of likely N-dealkylation sites (N-methyl/N-ethyl adjacent to an activating group) is 1. The molecule has 0 bridgehead atoms. The molecule has 0 aliphatic carbocycles. The van der Waals surface area contributed by atoms with Crippen LogP contribution in [0.15, 0.2) is 65.6 Å². The first kappa shape index (κ1) is 24.9. The maximum absolute atomic E-state index is 13.4. The predicted molar refractivity (Wildman–Crippen MR) is 145 cm³/mol. The average Bonchev–Trinajstić information content (AvgIpc) is 3.55. The zero-order chi connectivity index (χ0) is 26.1.